The normalized spacial score (nSPS) is 18.2. The summed E-state index contributed by atoms with van der Waals surface area (Å²) in [4.78, 5) is 2.34. The molecule has 1 unspecified atom stereocenters. The molecule has 5 nitrogen and oxygen atoms in total. The minimum Gasteiger partial charge on any atom is -0.492 e. The molecule has 2 N–H and O–H groups in total. The van der Waals surface area contributed by atoms with Crippen LogP contribution in [0.2, 0.25) is 0 Å². The number of rotatable bonds is 8. The highest BCUT2D eigenvalue weighted by Gasteiger charge is 2.18. The van der Waals surface area contributed by atoms with Crippen LogP contribution in [0.3, 0.4) is 0 Å². The molecule has 0 saturated carbocycles. The van der Waals surface area contributed by atoms with Gasteiger partial charge in [0.2, 0.25) is 0 Å². The highest BCUT2D eigenvalue weighted by molar-refractivity contribution is 6.58. The third kappa shape index (κ3) is 5.32. The van der Waals surface area contributed by atoms with E-state index in [2.05, 4.69) is 11.8 Å². The van der Waals surface area contributed by atoms with E-state index in [0.717, 1.165) is 38.4 Å². The summed E-state index contributed by atoms with van der Waals surface area (Å²) < 4.78 is 11.3. The quantitative estimate of drug-likeness (QED) is 0.673. The number of hydrogen-bond donors (Lipinski definition) is 2. The summed E-state index contributed by atoms with van der Waals surface area (Å²) >= 11 is 0. The second kappa shape index (κ2) is 8.39. The molecule has 1 saturated heterocycles. The van der Waals surface area contributed by atoms with Gasteiger partial charge < -0.3 is 19.5 Å². The van der Waals surface area contributed by atoms with Crippen LogP contribution < -0.4 is 10.2 Å². The molecule has 21 heavy (non-hydrogen) atoms. The van der Waals surface area contributed by atoms with Crippen molar-refractivity contribution in [2.24, 2.45) is 0 Å². The maximum Gasteiger partial charge on any atom is 0.488 e. The second-order valence-corrected chi connectivity index (χ2v) is 5.32. The molecule has 6 heteroatoms. The first-order valence-electron chi connectivity index (χ1n) is 7.62. The lowest BCUT2D eigenvalue weighted by atomic mass is 9.80. The van der Waals surface area contributed by atoms with Gasteiger partial charge in [-0.15, -0.1) is 0 Å². The van der Waals surface area contributed by atoms with E-state index in [0.29, 0.717) is 18.2 Å². The fourth-order valence-electron chi connectivity index (χ4n) is 2.48. The van der Waals surface area contributed by atoms with Gasteiger partial charge in [0.05, 0.1) is 6.10 Å². The zero-order valence-electron chi connectivity index (χ0n) is 12.6. The molecule has 0 aromatic heterocycles. The average molecular weight is 293 g/mol. The van der Waals surface area contributed by atoms with Crippen LogP contribution in [0.15, 0.2) is 24.3 Å². The Labute approximate surface area is 126 Å². The standard InChI is InChI=1S/C15H24BNO4/c1-2-17(12-15-4-3-10-20-15)9-11-21-14-7-5-13(6-8-14)16(18)19/h5-8,15,18-19H,2-4,9-12H2,1H3. The van der Waals surface area contributed by atoms with Gasteiger partial charge in [0.15, 0.2) is 0 Å². The largest absolute Gasteiger partial charge is 0.492 e. The molecule has 1 fully saturated rings. The van der Waals surface area contributed by atoms with Crippen LogP contribution in [-0.4, -0.2) is 61.0 Å². The zero-order valence-corrected chi connectivity index (χ0v) is 12.6. The van der Waals surface area contributed by atoms with Gasteiger partial charge in [0.1, 0.15) is 12.4 Å². The van der Waals surface area contributed by atoms with Crippen LogP contribution in [0.4, 0.5) is 0 Å². The number of likely N-dealkylation sites (N-methyl/N-ethyl adjacent to an activating group) is 1. The van der Waals surface area contributed by atoms with E-state index in [1.807, 2.05) is 0 Å². The molecule has 0 amide bonds. The summed E-state index contributed by atoms with van der Waals surface area (Å²) in [7, 11) is -1.43. The summed E-state index contributed by atoms with van der Waals surface area (Å²) in [5, 5.41) is 18.1. The Hall–Kier alpha value is -1.08. The molecule has 1 heterocycles. The maximum absolute atomic E-state index is 9.03. The predicted molar refractivity (Wildman–Crippen MR) is 82.9 cm³/mol. The first kappa shape index (κ1) is 16.3. The highest BCUT2D eigenvalue weighted by atomic mass is 16.5. The molecular weight excluding hydrogens is 269 g/mol. The van der Waals surface area contributed by atoms with Crippen LogP contribution in [0.5, 0.6) is 5.75 Å². The molecule has 1 aromatic carbocycles. The summed E-state index contributed by atoms with van der Waals surface area (Å²) in [6.07, 6.45) is 2.69. The van der Waals surface area contributed by atoms with Gasteiger partial charge in [-0.3, -0.25) is 4.90 Å². The smallest absolute Gasteiger partial charge is 0.488 e. The molecule has 1 aromatic rings. The Morgan fingerprint density at radius 1 is 1.33 bits per heavy atom. The Bertz CT molecular complexity index is 407. The Morgan fingerprint density at radius 3 is 2.67 bits per heavy atom. The van der Waals surface area contributed by atoms with E-state index in [9.17, 15) is 0 Å². The summed E-state index contributed by atoms with van der Waals surface area (Å²) in [5.74, 6) is 0.743. The summed E-state index contributed by atoms with van der Waals surface area (Å²) in [5.41, 5.74) is 0.468. The lowest BCUT2D eigenvalue weighted by molar-refractivity contribution is 0.0701. The number of benzene rings is 1. The first-order valence-corrected chi connectivity index (χ1v) is 7.62. The van der Waals surface area contributed by atoms with Gasteiger partial charge in [-0.05, 0) is 37.0 Å². The average Bonchev–Trinajstić information content (AvgIpc) is 2.99. The predicted octanol–water partition coefficient (Wildman–Crippen LogP) is 0.246. The molecule has 1 aliphatic heterocycles. The summed E-state index contributed by atoms with van der Waals surface area (Å²) in [6.45, 7) is 6.46. The van der Waals surface area contributed by atoms with Crippen molar-refractivity contribution in [3.8, 4) is 5.75 Å². The number of ether oxygens (including phenoxy) is 2. The van der Waals surface area contributed by atoms with Crippen LogP contribution >= 0.6 is 0 Å². The van der Waals surface area contributed by atoms with E-state index in [1.165, 1.54) is 6.42 Å². The van der Waals surface area contributed by atoms with Crippen molar-refractivity contribution >= 4 is 12.6 Å². The van der Waals surface area contributed by atoms with Crippen molar-refractivity contribution in [2.75, 3.05) is 32.8 Å². The van der Waals surface area contributed by atoms with Gasteiger partial charge in [0.25, 0.3) is 0 Å². The lowest BCUT2D eigenvalue weighted by Gasteiger charge is -2.23. The lowest BCUT2D eigenvalue weighted by Crippen LogP contribution is -2.35. The molecule has 0 radical (unpaired) electrons. The van der Waals surface area contributed by atoms with Crippen LogP contribution in [0, 0.1) is 0 Å². The number of nitrogens with zero attached hydrogens (tertiary/aromatic N) is 1. The fourth-order valence-corrected chi connectivity index (χ4v) is 2.48. The van der Waals surface area contributed by atoms with Gasteiger partial charge in [-0.2, -0.15) is 0 Å². The van der Waals surface area contributed by atoms with Crippen molar-refractivity contribution in [3.63, 3.8) is 0 Å². The van der Waals surface area contributed by atoms with E-state index < -0.39 is 7.12 Å². The zero-order chi connectivity index (χ0) is 15.1. The minimum atomic E-state index is -1.43. The second-order valence-electron chi connectivity index (χ2n) is 5.32. The monoisotopic (exact) mass is 293 g/mol. The van der Waals surface area contributed by atoms with Crippen LogP contribution in [-0.2, 0) is 4.74 Å². The molecule has 0 bridgehead atoms. The van der Waals surface area contributed by atoms with E-state index in [4.69, 9.17) is 19.5 Å². The van der Waals surface area contributed by atoms with Gasteiger partial charge >= 0.3 is 7.12 Å². The molecule has 116 valence electrons. The first-order chi connectivity index (χ1) is 10.2. The fraction of sp³-hybridized carbons (Fsp3) is 0.600. The minimum absolute atomic E-state index is 0.371. The topological polar surface area (TPSA) is 62.2 Å². The maximum atomic E-state index is 9.03. The highest BCUT2D eigenvalue weighted by Crippen LogP contribution is 2.13. The molecule has 0 aliphatic carbocycles. The van der Waals surface area contributed by atoms with Crippen molar-refractivity contribution < 1.29 is 19.5 Å². The van der Waals surface area contributed by atoms with Crippen molar-refractivity contribution in [3.05, 3.63) is 24.3 Å². The van der Waals surface area contributed by atoms with Gasteiger partial charge in [-0.25, -0.2) is 0 Å². The third-order valence-electron chi connectivity index (χ3n) is 3.79. The van der Waals surface area contributed by atoms with Crippen molar-refractivity contribution in [1.82, 2.24) is 4.90 Å². The Balaban J connectivity index is 1.71. The van der Waals surface area contributed by atoms with E-state index in [-0.39, 0.29) is 0 Å². The Kier molecular flexibility index (Phi) is 6.51. The molecule has 0 spiro atoms. The third-order valence-corrected chi connectivity index (χ3v) is 3.79. The van der Waals surface area contributed by atoms with Gasteiger partial charge in [-0.1, -0.05) is 19.1 Å². The Morgan fingerprint density at radius 2 is 2.10 bits per heavy atom. The SMILES string of the molecule is CCN(CCOc1ccc(B(O)O)cc1)CC1CCCO1. The van der Waals surface area contributed by atoms with Crippen LogP contribution in [0.1, 0.15) is 19.8 Å². The van der Waals surface area contributed by atoms with Crippen LogP contribution in [0.25, 0.3) is 0 Å². The van der Waals surface area contributed by atoms with E-state index in [1.54, 1.807) is 24.3 Å². The molecule has 1 aliphatic rings. The molecular formula is C15H24BNO4. The molecule has 1 atom stereocenters. The van der Waals surface area contributed by atoms with Crippen molar-refractivity contribution in [1.29, 1.82) is 0 Å². The van der Waals surface area contributed by atoms with Crippen molar-refractivity contribution in [2.45, 2.75) is 25.9 Å². The van der Waals surface area contributed by atoms with E-state index >= 15 is 0 Å². The van der Waals surface area contributed by atoms with Gasteiger partial charge in [0, 0.05) is 19.7 Å². The summed E-state index contributed by atoms with van der Waals surface area (Å²) in [6, 6.07) is 6.82. The molecule has 2 rings (SSSR count). The number of hydrogen-bond acceptors (Lipinski definition) is 5.